The van der Waals surface area contributed by atoms with Crippen molar-refractivity contribution >= 4 is 5.69 Å². The molecular formula is C15H24N2. The van der Waals surface area contributed by atoms with Crippen LogP contribution in [0.15, 0.2) is 18.2 Å². The first kappa shape index (κ1) is 12.4. The molecular weight excluding hydrogens is 208 g/mol. The van der Waals surface area contributed by atoms with E-state index in [0.29, 0.717) is 0 Å². The molecule has 1 aromatic carbocycles. The molecule has 0 spiro atoms. The summed E-state index contributed by atoms with van der Waals surface area (Å²) in [6.07, 6.45) is 2.35. The Bertz CT molecular complexity index is 396. The predicted octanol–water partition coefficient (Wildman–Crippen LogP) is 3.28. The van der Waals surface area contributed by atoms with E-state index in [-0.39, 0.29) is 5.54 Å². The van der Waals surface area contributed by atoms with Crippen LogP contribution in [0.1, 0.15) is 38.3 Å². The van der Waals surface area contributed by atoms with Crippen molar-refractivity contribution in [2.75, 3.05) is 18.9 Å². The molecule has 1 aliphatic heterocycles. The summed E-state index contributed by atoms with van der Waals surface area (Å²) in [5, 5.41) is 3.45. The fraction of sp³-hybridized carbons (Fsp3) is 0.600. The number of fused-ring (bicyclic) bond motifs is 1. The van der Waals surface area contributed by atoms with Gasteiger partial charge in [0.2, 0.25) is 0 Å². The minimum Gasteiger partial charge on any atom is -0.384 e. The largest absolute Gasteiger partial charge is 0.384 e. The van der Waals surface area contributed by atoms with Crippen molar-refractivity contribution in [3.05, 3.63) is 29.3 Å². The van der Waals surface area contributed by atoms with E-state index in [1.54, 1.807) is 0 Å². The van der Waals surface area contributed by atoms with Gasteiger partial charge in [-0.1, -0.05) is 19.1 Å². The second-order valence-electron chi connectivity index (χ2n) is 5.69. The molecule has 94 valence electrons. The maximum atomic E-state index is 3.45. The van der Waals surface area contributed by atoms with Crippen LogP contribution in [0.4, 0.5) is 5.69 Å². The van der Waals surface area contributed by atoms with E-state index in [1.165, 1.54) is 29.7 Å². The van der Waals surface area contributed by atoms with Crippen LogP contribution in [-0.4, -0.2) is 24.0 Å². The molecule has 17 heavy (non-hydrogen) atoms. The van der Waals surface area contributed by atoms with Gasteiger partial charge in [0.1, 0.15) is 0 Å². The number of benzene rings is 1. The highest BCUT2D eigenvalue weighted by Gasteiger charge is 2.21. The molecule has 0 aromatic heterocycles. The zero-order valence-corrected chi connectivity index (χ0v) is 11.5. The topological polar surface area (TPSA) is 15.3 Å². The monoisotopic (exact) mass is 232 g/mol. The van der Waals surface area contributed by atoms with E-state index in [1.807, 2.05) is 0 Å². The lowest BCUT2D eigenvalue weighted by molar-refractivity contribution is 0.143. The van der Waals surface area contributed by atoms with Crippen LogP contribution in [0.5, 0.6) is 0 Å². The van der Waals surface area contributed by atoms with E-state index < -0.39 is 0 Å². The third-order valence-electron chi connectivity index (χ3n) is 4.20. The van der Waals surface area contributed by atoms with Crippen molar-refractivity contribution in [2.45, 2.75) is 45.7 Å². The highest BCUT2D eigenvalue weighted by atomic mass is 15.2. The van der Waals surface area contributed by atoms with Gasteiger partial charge in [0.05, 0.1) is 0 Å². The maximum absolute atomic E-state index is 3.45. The maximum Gasteiger partial charge on any atom is 0.0376 e. The average Bonchev–Trinajstić information content (AvgIpc) is 2.76. The van der Waals surface area contributed by atoms with E-state index in [0.717, 1.165) is 13.1 Å². The lowest BCUT2D eigenvalue weighted by Gasteiger charge is -2.35. The van der Waals surface area contributed by atoms with Crippen molar-refractivity contribution in [3.63, 3.8) is 0 Å². The lowest BCUT2D eigenvalue weighted by atomic mass is 9.99. The van der Waals surface area contributed by atoms with Crippen molar-refractivity contribution in [1.82, 2.24) is 4.90 Å². The van der Waals surface area contributed by atoms with Crippen LogP contribution in [0.3, 0.4) is 0 Å². The molecule has 1 heterocycles. The number of hydrogen-bond acceptors (Lipinski definition) is 2. The normalized spacial score (nSPS) is 14.9. The van der Waals surface area contributed by atoms with Gasteiger partial charge in [0, 0.05) is 24.3 Å². The molecule has 0 bridgehead atoms. The molecule has 0 radical (unpaired) electrons. The fourth-order valence-electron chi connectivity index (χ4n) is 2.19. The van der Waals surface area contributed by atoms with Crippen molar-refractivity contribution in [2.24, 2.45) is 0 Å². The Morgan fingerprint density at radius 1 is 1.35 bits per heavy atom. The molecule has 0 saturated carbocycles. The molecule has 2 rings (SSSR count). The predicted molar refractivity (Wildman–Crippen MR) is 74.5 cm³/mol. The summed E-state index contributed by atoms with van der Waals surface area (Å²) >= 11 is 0. The molecule has 0 amide bonds. The fourth-order valence-corrected chi connectivity index (χ4v) is 2.19. The molecule has 0 unspecified atom stereocenters. The molecule has 2 heteroatoms. The van der Waals surface area contributed by atoms with Gasteiger partial charge in [-0.25, -0.2) is 0 Å². The smallest absolute Gasteiger partial charge is 0.0376 e. The molecule has 1 N–H and O–H groups in total. The third kappa shape index (κ3) is 2.63. The van der Waals surface area contributed by atoms with E-state index >= 15 is 0 Å². The zero-order valence-electron chi connectivity index (χ0n) is 11.5. The van der Waals surface area contributed by atoms with Crippen LogP contribution in [-0.2, 0) is 13.0 Å². The summed E-state index contributed by atoms with van der Waals surface area (Å²) in [4.78, 5) is 2.43. The van der Waals surface area contributed by atoms with Gasteiger partial charge in [0.25, 0.3) is 0 Å². The highest BCUT2D eigenvalue weighted by Crippen LogP contribution is 2.25. The van der Waals surface area contributed by atoms with Crippen LogP contribution in [0.2, 0.25) is 0 Å². The number of anilines is 1. The molecule has 0 fully saturated rings. The van der Waals surface area contributed by atoms with Crippen LogP contribution < -0.4 is 5.32 Å². The second-order valence-corrected chi connectivity index (χ2v) is 5.69. The first-order valence-electron chi connectivity index (χ1n) is 6.60. The standard InChI is InChI=1S/C15H24N2/c1-5-15(2,3)17(4)11-12-6-7-13-8-9-16-14(13)10-12/h6-7,10,16H,5,8-9,11H2,1-4H3. The van der Waals surface area contributed by atoms with Crippen LogP contribution >= 0.6 is 0 Å². The summed E-state index contributed by atoms with van der Waals surface area (Å²) in [5.74, 6) is 0. The third-order valence-corrected chi connectivity index (χ3v) is 4.20. The van der Waals surface area contributed by atoms with Gasteiger partial charge in [-0.2, -0.15) is 0 Å². The highest BCUT2D eigenvalue weighted by molar-refractivity contribution is 5.57. The zero-order chi connectivity index (χ0) is 12.5. The summed E-state index contributed by atoms with van der Waals surface area (Å²) < 4.78 is 0. The van der Waals surface area contributed by atoms with Crippen LogP contribution in [0, 0.1) is 0 Å². The van der Waals surface area contributed by atoms with Gasteiger partial charge in [-0.05, 0) is 50.9 Å². The Hall–Kier alpha value is -1.02. The van der Waals surface area contributed by atoms with Gasteiger partial charge in [-0.15, -0.1) is 0 Å². The van der Waals surface area contributed by atoms with Crippen molar-refractivity contribution < 1.29 is 0 Å². The van der Waals surface area contributed by atoms with E-state index in [9.17, 15) is 0 Å². The molecule has 2 nitrogen and oxygen atoms in total. The molecule has 1 aliphatic rings. The molecule has 0 saturated heterocycles. The van der Waals surface area contributed by atoms with E-state index in [2.05, 4.69) is 56.2 Å². The molecule has 1 aromatic rings. The van der Waals surface area contributed by atoms with Crippen molar-refractivity contribution in [1.29, 1.82) is 0 Å². The first-order valence-corrected chi connectivity index (χ1v) is 6.60. The molecule has 0 atom stereocenters. The minimum absolute atomic E-state index is 0.270. The van der Waals surface area contributed by atoms with Gasteiger partial charge in [-0.3, -0.25) is 4.90 Å². The number of rotatable bonds is 4. The molecule has 0 aliphatic carbocycles. The summed E-state index contributed by atoms with van der Waals surface area (Å²) in [7, 11) is 2.21. The Morgan fingerprint density at radius 3 is 2.82 bits per heavy atom. The summed E-state index contributed by atoms with van der Waals surface area (Å²) in [6, 6.07) is 6.86. The minimum atomic E-state index is 0.270. The number of nitrogens with zero attached hydrogens (tertiary/aromatic N) is 1. The Balaban J connectivity index is 2.09. The Kier molecular flexibility index (Phi) is 3.43. The Labute approximate surface area is 105 Å². The summed E-state index contributed by atoms with van der Waals surface area (Å²) in [6.45, 7) is 8.98. The van der Waals surface area contributed by atoms with Gasteiger partial charge >= 0.3 is 0 Å². The first-order chi connectivity index (χ1) is 8.03. The lowest BCUT2D eigenvalue weighted by Crippen LogP contribution is -2.39. The van der Waals surface area contributed by atoms with Crippen LogP contribution in [0.25, 0.3) is 0 Å². The number of nitrogens with one attached hydrogen (secondary N) is 1. The summed E-state index contributed by atoms with van der Waals surface area (Å²) in [5.41, 5.74) is 4.48. The SMILES string of the molecule is CCC(C)(C)N(C)Cc1ccc2c(c1)NCC2. The average molecular weight is 232 g/mol. The number of hydrogen-bond donors (Lipinski definition) is 1. The second kappa shape index (κ2) is 4.69. The Morgan fingerprint density at radius 2 is 2.12 bits per heavy atom. The van der Waals surface area contributed by atoms with Crippen molar-refractivity contribution in [3.8, 4) is 0 Å². The van der Waals surface area contributed by atoms with Gasteiger partial charge < -0.3 is 5.32 Å². The van der Waals surface area contributed by atoms with E-state index in [4.69, 9.17) is 0 Å². The van der Waals surface area contributed by atoms with Gasteiger partial charge in [0.15, 0.2) is 0 Å². The quantitative estimate of drug-likeness (QED) is 0.857.